The Labute approximate surface area is 190 Å². The van der Waals surface area contributed by atoms with Gasteiger partial charge in [0.2, 0.25) is 5.91 Å². The van der Waals surface area contributed by atoms with Crippen molar-refractivity contribution in [3.05, 3.63) is 76.0 Å². The normalized spacial score (nSPS) is 17.3. The zero-order valence-corrected chi connectivity index (χ0v) is 18.2. The van der Waals surface area contributed by atoms with Crippen LogP contribution in [0.5, 0.6) is 11.5 Å². The number of ether oxygens (including phenoxy) is 2. The molecule has 0 unspecified atom stereocenters. The third-order valence-corrected chi connectivity index (χ3v) is 6.58. The molecule has 5 rings (SSSR count). The number of benzene rings is 2. The van der Waals surface area contributed by atoms with Gasteiger partial charge in [0.05, 0.1) is 12.6 Å². The third-order valence-electron chi connectivity index (χ3n) is 5.58. The van der Waals surface area contributed by atoms with Crippen LogP contribution < -0.4 is 20.1 Å². The fourth-order valence-corrected chi connectivity index (χ4v) is 5.10. The summed E-state index contributed by atoms with van der Waals surface area (Å²) in [5.41, 5.74) is 2.91. The summed E-state index contributed by atoms with van der Waals surface area (Å²) in [4.78, 5) is 28.6. The summed E-state index contributed by atoms with van der Waals surface area (Å²) in [6, 6.07) is 16.9. The number of nitrogens with one attached hydrogen (secondary N) is 2. The van der Waals surface area contributed by atoms with Gasteiger partial charge in [0.1, 0.15) is 13.2 Å². The van der Waals surface area contributed by atoms with Gasteiger partial charge in [0.25, 0.3) is 0 Å². The third kappa shape index (κ3) is 4.32. The molecule has 0 spiro atoms. The van der Waals surface area contributed by atoms with Gasteiger partial charge in [-0.05, 0) is 41.1 Å². The molecule has 8 heteroatoms. The fourth-order valence-electron chi connectivity index (χ4n) is 4.20. The van der Waals surface area contributed by atoms with Gasteiger partial charge in [-0.3, -0.25) is 15.0 Å². The van der Waals surface area contributed by atoms with E-state index in [0.717, 1.165) is 18.5 Å². The van der Waals surface area contributed by atoms with Crippen molar-refractivity contribution in [2.24, 2.45) is 0 Å². The van der Waals surface area contributed by atoms with Crippen molar-refractivity contribution in [1.82, 2.24) is 10.2 Å². The van der Waals surface area contributed by atoms with Crippen molar-refractivity contribution in [3.63, 3.8) is 0 Å². The lowest BCUT2D eigenvalue weighted by molar-refractivity contribution is -0.121. The van der Waals surface area contributed by atoms with Gasteiger partial charge in [-0.2, -0.15) is 0 Å². The highest BCUT2D eigenvalue weighted by Crippen LogP contribution is 2.37. The fraction of sp³-hybridized carbons (Fsp3) is 0.250. The maximum Gasteiger partial charge on any atom is 0.325 e. The van der Waals surface area contributed by atoms with Crippen molar-refractivity contribution in [1.29, 1.82) is 0 Å². The molecule has 3 aromatic rings. The van der Waals surface area contributed by atoms with E-state index in [1.54, 1.807) is 29.5 Å². The number of anilines is 1. The first-order valence-corrected chi connectivity index (χ1v) is 11.4. The first-order valence-electron chi connectivity index (χ1n) is 10.5. The summed E-state index contributed by atoms with van der Waals surface area (Å²) in [5.74, 6) is 0.869. The maximum atomic E-state index is 12.7. The maximum absolute atomic E-state index is 12.7. The molecular weight excluding hydrogens is 426 g/mol. The van der Waals surface area contributed by atoms with Crippen molar-refractivity contribution < 1.29 is 19.1 Å². The predicted molar refractivity (Wildman–Crippen MR) is 122 cm³/mol. The molecule has 7 nitrogen and oxygen atoms in total. The van der Waals surface area contributed by atoms with Gasteiger partial charge in [0, 0.05) is 23.2 Å². The number of fused-ring (bicyclic) bond motifs is 2. The Bertz CT molecular complexity index is 1130. The Morgan fingerprint density at radius 2 is 1.84 bits per heavy atom. The zero-order valence-electron chi connectivity index (χ0n) is 17.4. The van der Waals surface area contributed by atoms with E-state index in [4.69, 9.17) is 9.47 Å². The quantitative estimate of drug-likeness (QED) is 0.633. The van der Waals surface area contributed by atoms with Crippen molar-refractivity contribution in [3.8, 4) is 11.5 Å². The minimum atomic E-state index is -0.573. The highest BCUT2D eigenvalue weighted by molar-refractivity contribution is 7.10. The summed E-state index contributed by atoms with van der Waals surface area (Å²) in [7, 11) is 0. The molecule has 2 aliphatic heterocycles. The number of amides is 3. The van der Waals surface area contributed by atoms with Crippen LogP contribution in [0.3, 0.4) is 0 Å². The number of imide groups is 1. The van der Waals surface area contributed by atoms with Crippen LogP contribution in [0.15, 0.2) is 60.0 Å². The minimum Gasteiger partial charge on any atom is -0.486 e. The van der Waals surface area contributed by atoms with E-state index in [0.29, 0.717) is 30.4 Å². The van der Waals surface area contributed by atoms with Crippen LogP contribution in [0.4, 0.5) is 10.5 Å². The van der Waals surface area contributed by atoms with E-state index in [1.165, 1.54) is 10.4 Å². The smallest absolute Gasteiger partial charge is 0.325 e. The molecule has 0 saturated carbocycles. The number of carbonyl (C=O) groups excluding carboxylic acids is 2. The van der Waals surface area contributed by atoms with E-state index in [9.17, 15) is 9.59 Å². The Morgan fingerprint density at radius 1 is 1.03 bits per heavy atom. The van der Waals surface area contributed by atoms with E-state index < -0.39 is 6.03 Å². The molecule has 1 aromatic heterocycles. The number of urea groups is 1. The summed E-state index contributed by atoms with van der Waals surface area (Å²) in [6.07, 6.45) is 0.896. The SMILES string of the molecule is O=C(CN1CCc2sccc2[C@@H]1c1ccccc1)NC(=O)Nc1ccc2c(c1)OCCO2. The van der Waals surface area contributed by atoms with Gasteiger partial charge in [-0.15, -0.1) is 11.3 Å². The number of nitrogens with zero attached hydrogens (tertiary/aromatic N) is 1. The lowest BCUT2D eigenvalue weighted by Crippen LogP contribution is -2.45. The van der Waals surface area contributed by atoms with Crippen LogP contribution >= 0.6 is 11.3 Å². The second kappa shape index (κ2) is 9.02. The second-order valence-electron chi connectivity index (χ2n) is 7.69. The molecule has 3 heterocycles. The minimum absolute atomic E-state index is 0.00203. The number of carbonyl (C=O) groups is 2. The van der Waals surface area contributed by atoms with Gasteiger partial charge in [-0.1, -0.05) is 30.3 Å². The van der Waals surface area contributed by atoms with E-state index >= 15 is 0 Å². The van der Waals surface area contributed by atoms with E-state index in [1.807, 2.05) is 18.2 Å². The molecule has 0 fully saturated rings. The molecule has 0 saturated heterocycles. The molecule has 0 aliphatic carbocycles. The molecule has 2 aromatic carbocycles. The Kier molecular flexibility index (Phi) is 5.79. The molecule has 2 aliphatic rings. The number of rotatable bonds is 4. The molecule has 1 atom stereocenters. The number of hydrogen-bond donors (Lipinski definition) is 2. The first-order chi connectivity index (χ1) is 15.7. The zero-order chi connectivity index (χ0) is 21.9. The highest BCUT2D eigenvalue weighted by Gasteiger charge is 2.31. The van der Waals surface area contributed by atoms with Crippen molar-refractivity contribution in [2.75, 3.05) is 31.6 Å². The van der Waals surface area contributed by atoms with Gasteiger partial charge in [0.15, 0.2) is 11.5 Å². The molecule has 0 bridgehead atoms. The number of thiophene rings is 1. The van der Waals surface area contributed by atoms with Crippen molar-refractivity contribution >= 4 is 29.0 Å². The summed E-state index contributed by atoms with van der Waals surface area (Å²) >= 11 is 1.76. The molecule has 32 heavy (non-hydrogen) atoms. The average Bonchev–Trinajstić information content (AvgIpc) is 3.28. The van der Waals surface area contributed by atoms with Crippen LogP contribution in [0.2, 0.25) is 0 Å². The summed E-state index contributed by atoms with van der Waals surface area (Å²) in [5, 5.41) is 7.24. The predicted octanol–water partition coefficient (Wildman–Crippen LogP) is 3.82. The highest BCUT2D eigenvalue weighted by atomic mass is 32.1. The Morgan fingerprint density at radius 3 is 2.69 bits per heavy atom. The molecule has 3 amide bonds. The summed E-state index contributed by atoms with van der Waals surface area (Å²) < 4.78 is 11.0. The van der Waals surface area contributed by atoms with Crippen molar-refractivity contribution in [2.45, 2.75) is 12.5 Å². The van der Waals surface area contributed by atoms with Crippen LogP contribution in [0.1, 0.15) is 22.0 Å². The largest absolute Gasteiger partial charge is 0.486 e. The second-order valence-corrected chi connectivity index (χ2v) is 8.69. The molecular formula is C24H23N3O4S. The molecule has 164 valence electrons. The van der Waals surface area contributed by atoms with Crippen LogP contribution in [-0.4, -0.2) is 43.1 Å². The van der Waals surface area contributed by atoms with E-state index in [2.05, 4.69) is 39.1 Å². The lowest BCUT2D eigenvalue weighted by Gasteiger charge is -2.35. The van der Waals surface area contributed by atoms with Gasteiger partial charge >= 0.3 is 6.03 Å². The Balaban J connectivity index is 1.24. The molecule has 0 radical (unpaired) electrons. The average molecular weight is 450 g/mol. The molecule has 2 N–H and O–H groups in total. The lowest BCUT2D eigenvalue weighted by atomic mass is 9.93. The van der Waals surface area contributed by atoms with Gasteiger partial charge in [-0.25, -0.2) is 4.79 Å². The van der Waals surface area contributed by atoms with Crippen LogP contribution in [-0.2, 0) is 11.2 Å². The van der Waals surface area contributed by atoms with Crippen LogP contribution in [0, 0.1) is 0 Å². The van der Waals surface area contributed by atoms with Crippen LogP contribution in [0.25, 0.3) is 0 Å². The topological polar surface area (TPSA) is 79.9 Å². The van der Waals surface area contributed by atoms with E-state index in [-0.39, 0.29) is 18.5 Å². The standard InChI is InChI=1S/C24H23N3O4S/c28-22(26-24(29)25-17-6-7-19-20(14-17)31-12-11-30-19)15-27-10-8-21-18(9-13-32-21)23(27)16-4-2-1-3-5-16/h1-7,9,13-14,23H,8,10-12,15H2,(H2,25,26,28,29)/t23-/m0/s1. The Hall–Kier alpha value is -3.36. The number of hydrogen-bond acceptors (Lipinski definition) is 6. The first kappa shape index (κ1) is 20.5. The monoisotopic (exact) mass is 449 g/mol. The summed E-state index contributed by atoms with van der Waals surface area (Å²) in [6.45, 7) is 1.85. The van der Waals surface area contributed by atoms with Gasteiger partial charge < -0.3 is 14.8 Å².